The van der Waals surface area contributed by atoms with Crippen molar-refractivity contribution in [1.82, 2.24) is 10.1 Å². The number of furan rings is 1. The number of carbonyl (C=O) groups is 1. The van der Waals surface area contributed by atoms with Crippen LogP contribution in [-0.2, 0) is 17.6 Å². The van der Waals surface area contributed by atoms with Gasteiger partial charge in [-0.3, -0.25) is 4.79 Å². The largest absolute Gasteiger partial charge is 0.456 e. The van der Waals surface area contributed by atoms with Gasteiger partial charge in [0.15, 0.2) is 11.6 Å². The van der Waals surface area contributed by atoms with Crippen LogP contribution in [0.2, 0.25) is 0 Å². The Bertz CT molecular complexity index is 847. The van der Waals surface area contributed by atoms with Crippen LogP contribution >= 0.6 is 0 Å². The predicted molar refractivity (Wildman–Crippen MR) is 89.6 cm³/mol. The molecule has 6 nitrogen and oxygen atoms in total. The van der Waals surface area contributed by atoms with Crippen LogP contribution in [0.3, 0.4) is 0 Å². The van der Waals surface area contributed by atoms with E-state index in [0.717, 1.165) is 29.0 Å². The summed E-state index contributed by atoms with van der Waals surface area (Å²) in [4.78, 5) is 16.3. The van der Waals surface area contributed by atoms with Crippen LogP contribution in [0, 0.1) is 13.8 Å². The van der Waals surface area contributed by atoms with Gasteiger partial charge in [0.2, 0.25) is 5.91 Å². The van der Waals surface area contributed by atoms with E-state index in [1.54, 1.807) is 0 Å². The van der Waals surface area contributed by atoms with Crippen molar-refractivity contribution in [1.29, 1.82) is 0 Å². The number of aryl methyl sites for hydroxylation is 3. The maximum atomic E-state index is 12.1. The summed E-state index contributed by atoms with van der Waals surface area (Å²) in [6.07, 6.45) is 0.832. The number of nitrogens with one attached hydrogen (secondary N) is 1. The number of hydrogen-bond donors (Lipinski definition) is 1. The van der Waals surface area contributed by atoms with Crippen molar-refractivity contribution in [2.45, 2.75) is 33.6 Å². The Morgan fingerprint density at radius 2 is 1.96 bits per heavy atom. The molecular formula is C18H19N3O3. The van der Waals surface area contributed by atoms with E-state index in [0.29, 0.717) is 17.5 Å². The lowest BCUT2D eigenvalue weighted by Gasteiger charge is -2.03. The van der Waals surface area contributed by atoms with Gasteiger partial charge >= 0.3 is 0 Å². The molecule has 2 heterocycles. The number of amides is 1. The normalized spacial score (nSPS) is 10.8. The van der Waals surface area contributed by atoms with Gasteiger partial charge in [0.05, 0.1) is 6.42 Å². The van der Waals surface area contributed by atoms with Crippen molar-refractivity contribution < 1.29 is 13.7 Å². The molecule has 1 N–H and O–H groups in total. The molecule has 3 rings (SSSR count). The van der Waals surface area contributed by atoms with E-state index in [-0.39, 0.29) is 12.3 Å². The SMILES string of the molecule is CCc1cc(C)c(-c2nc(CC(=O)Nc3ccc(C)cc3)no2)o1. The van der Waals surface area contributed by atoms with Crippen molar-refractivity contribution in [3.8, 4) is 11.7 Å². The molecule has 0 spiro atoms. The van der Waals surface area contributed by atoms with Crippen molar-refractivity contribution >= 4 is 11.6 Å². The van der Waals surface area contributed by atoms with Crippen molar-refractivity contribution in [3.63, 3.8) is 0 Å². The van der Waals surface area contributed by atoms with Crippen molar-refractivity contribution in [2.24, 2.45) is 0 Å². The van der Waals surface area contributed by atoms with E-state index < -0.39 is 0 Å². The zero-order chi connectivity index (χ0) is 17.1. The molecule has 0 bridgehead atoms. The van der Waals surface area contributed by atoms with Crippen LogP contribution in [0.1, 0.15) is 29.6 Å². The maximum absolute atomic E-state index is 12.1. The lowest BCUT2D eigenvalue weighted by Crippen LogP contribution is -2.15. The number of rotatable bonds is 5. The second-order valence-electron chi connectivity index (χ2n) is 5.69. The number of nitrogens with zero attached hydrogens (tertiary/aromatic N) is 2. The zero-order valence-electron chi connectivity index (χ0n) is 13.9. The first-order valence-corrected chi connectivity index (χ1v) is 7.84. The van der Waals surface area contributed by atoms with E-state index in [1.807, 2.05) is 51.1 Å². The molecule has 0 saturated carbocycles. The van der Waals surface area contributed by atoms with Gasteiger partial charge < -0.3 is 14.3 Å². The molecule has 0 fully saturated rings. The summed E-state index contributed by atoms with van der Waals surface area (Å²) in [7, 11) is 0. The average molecular weight is 325 g/mol. The smallest absolute Gasteiger partial charge is 0.293 e. The minimum atomic E-state index is -0.198. The highest BCUT2D eigenvalue weighted by atomic mass is 16.5. The maximum Gasteiger partial charge on any atom is 0.293 e. The lowest BCUT2D eigenvalue weighted by atomic mass is 10.2. The molecule has 3 aromatic rings. The van der Waals surface area contributed by atoms with Gasteiger partial charge in [0, 0.05) is 17.7 Å². The Hall–Kier alpha value is -2.89. The second-order valence-corrected chi connectivity index (χ2v) is 5.69. The molecule has 0 saturated heterocycles. The highest BCUT2D eigenvalue weighted by Crippen LogP contribution is 2.25. The summed E-state index contributed by atoms with van der Waals surface area (Å²) in [5, 5.41) is 6.66. The summed E-state index contributed by atoms with van der Waals surface area (Å²) in [6, 6.07) is 9.53. The fraction of sp³-hybridized carbons (Fsp3) is 0.278. The van der Waals surface area contributed by atoms with Gasteiger partial charge in [-0.2, -0.15) is 4.98 Å². The molecular weight excluding hydrogens is 306 g/mol. The Kier molecular flexibility index (Phi) is 4.46. The van der Waals surface area contributed by atoms with Crippen molar-refractivity contribution in [3.05, 3.63) is 53.0 Å². The average Bonchev–Trinajstić information content (AvgIpc) is 3.15. The highest BCUT2D eigenvalue weighted by Gasteiger charge is 2.18. The van der Waals surface area contributed by atoms with Crippen LogP contribution in [-0.4, -0.2) is 16.0 Å². The van der Waals surface area contributed by atoms with Gasteiger partial charge in [-0.15, -0.1) is 0 Å². The van der Waals surface area contributed by atoms with E-state index in [9.17, 15) is 4.79 Å². The zero-order valence-corrected chi connectivity index (χ0v) is 13.9. The number of aromatic nitrogens is 2. The quantitative estimate of drug-likeness (QED) is 0.773. The summed E-state index contributed by atoms with van der Waals surface area (Å²) in [5.74, 6) is 1.84. The summed E-state index contributed by atoms with van der Waals surface area (Å²) in [5.41, 5.74) is 2.81. The second kappa shape index (κ2) is 6.70. The third kappa shape index (κ3) is 3.53. The van der Waals surface area contributed by atoms with Crippen LogP contribution in [0.15, 0.2) is 39.3 Å². The molecule has 124 valence electrons. The minimum absolute atomic E-state index is 0.0395. The highest BCUT2D eigenvalue weighted by molar-refractivity contribution is 5.91. The van der Waals surface area contributed by atoms with Gasteiger partial charge in [0.1, 0.15) is 5.76 Å². The van der Waals surface area contributed by atoms with Crippen LogP contribution in [0.5, 0.6) is 0 Å². The van der Waals surface area contributed by atoms with Gasteiger partial charge in [-0.1, -0.05) is 29.8 Å². The molecule has 0 aliphatic carbocycles. The minimum Gasteiger partial charge on any atom is -0.456 e. The van der Waals surface area contributed by atoms with Gasteiger partial charge in [0.25, 0.3) is 5.89 Å². The monoisotopic (exact) mass is 325 g/mol. The molecule has 6 heteroatoms. The first kappa shape index (κ1) is 16.0. The molecule has 0 radical (unpaired) electrons. The van der Waals surface area contributed by atoms with Gasteiger partial charge in [-0.05, 0) is 32.0 Å². The molecule has 1 amide bonds. The molecule has 24 heavy (non-hydrogen) atoms. The van der Waals surface area contributed by atoms with Gasteiger partial charge in [-0.25, -0.2) is 0 Å². The molecule has 0 aliphatic rings. The molecule has 0 aliphatic heterocycles. The number of hydrogen-bond acceptors (Lipinski definition) is 5. The lowest BCUT2D eigenvalue weighted by molar-refractivity contribution is -0.115. The van der Waals surface area contributed by atoms with Crippen LogP contribution < -0.4 is 5.32 Å². The number of carbonyl (C=O) groups excluding carboxylic acids is 1. The summed E-state index contributed by atoms with van der Waals surface area (Å²) < 4.78 is 10.9. The van der Waals surface area contributed by atoms with Crippen molar-refractivity contribution in [2.75, 3.05) is 5.32 Å². The molecule has 0 atom stereocenters. The fourth-order valence-corrected chi connectivity index (χ4v) is 2.34. The fourth-order valence-electron chi connectivity index (χ4n) is 2.34. The third-order valence-corrected chi connectivity index (χ3v) is 3.63. The Morgan fingerprint density at radius 3 is 2.62 bits per heavy atom. The standard InChI is InChI=1S/C18H19N3O3/c1-4-14-9-12(3)17(23-14)18-20-15(21-24-18)10-16(22)19-13-7-5-11(2)6-8-13/h5-9H,4,10H2,1-3H3,(H,19,22). The molecule has 0 unspecified atom stereocenters. The van der Waals surface area contributed by atoms with E-state index in [1.165, 1.54) is 0 Å². The van der Waals surface area contributed by atoms with E-state index in [2.05, 4.69) is 15.5 Å². The van der Waals surface area contributed by atoms with E-state index in [4.69, 9.17) is 8.94 Å². The first-order valence-electron chi connectivity index (χ1n) is 7.84. The number of anilines is 1. The predicted octanol–water partition coefficient (Wildman–Crippen LogP) is 3.69. The number of benzene rings is 1. The molecule has 1 aromatic carbocycles. The topological polar surface area (TPSA) is 81.2 Å². The first-order chi connectivity index (χ1) is 11.5. The third-order valence-electron chi connectivity index (χ3n) is 3.63. The van der Waals surface area contributed by atoms with E-state index >= 15 is 0 Å². The Balaban J connectivity index is 1.68. The Morgan fingerprint density at radius 1 is 1.21 bits per heavy atom. The molecule has 2 aromatic heterocycles. The van der Waals surface area contributed by atoms with Crippen LogP contribution in [0.4, 0.5) is 5.69 Å². The summed E-state index contributed by atoms with van der Waals surface area (Å²) >= 11 is 0. The summed E-state index contributed by atoms with van der Waals surface area (Å²) in [6.45, 7) is 5.93. The van der Waals surface area contributed by atoms with Crippen LogP contribution in [0.25, 0.3) is 11.7 Å². The Labute approximate surface area is 139 Å².